The Morgan fingerprint density at radius 2 is 1.89 bits per heavy atom. The molecule has 0 saturated heterocycles. The van der Waals surface area contributed by atoms with Crippen molar-refractivity contribution in [2.45, 2.75) is 26.5 Å². The molecule has 0 aliphatic carbocycles. The smallest absolute Gasteiger partial charge is 0.251 e. The lowest BCUT2D eigenvalue weighted by Gasteiger charge is -2.13. The fourth-order valence-electron chi connectivity index (χ4n) is 1.59. The van der Waals surface area contributed by atoms with E-state index in [1.807, 2.05) is 19.1 Å². The average molecular weight is 264 g/mol. The van der Waals surface area contributed by atoms with E-state index in [1.165, 1.54) is 0 Å². The Morgan fingerprint density at radius 3 is 2.42 bits per heavy atom. The topological polar surface area (TPSA) is 67.4 Å². The van der Waals surface area contributed by atoms with Crippen LogP contribution in [0, 0.1) is 0 Å². The maximum Gasteiger partial charge on any atom is 0.251 e. The number of rotatable bonds is 6. The predicted octanol–water partition coefficient (Wildman–Crippen LogP) is 1.09. The lowest BCUT2D eigenvalue weighted by atomic mass is 10.1. The molecule has 0 radical (unpaired) electrons. The summed E-state index contributed by atoms with van der Waals surface area (Å²) in [5.74, 6) is -0.449. The normalized spacial score (nSPS) is 11.7. The first-order chi connectivity index (χ1) is 9.08. The van der Waals surface area contributed by atoms with E-state index >= 15 is 0 Å². The SMILES string of the molecule is CCNC(=O)[C@H](C)NC(=O)c1ccc(COC)cc1. The minimum atomic E-state index is -0.550. The van der Waals surface area contributed by atoms with Crippen LogP contribution < -0.4 is 10.6 Å². The average Bonchev–Trinajstić information content (AvgIpc) is 2.40. The van der Waals surface area contributed by atoms with Crippen LogP contribution in [-0.2, 0) is 16.1 Å². The molecule has 1 aromatic rings. The summed E-state index contributed by atoms with van der Waals surface area (Å²) in [6.45, 7) is 4.55. The molecule has 5 heteroatoms. The molecule has 5 nitrogen and oxygen atoms in total. The first-order valence-corrected chi connectivity index (χ1v) is 6.25. The van der Waals surface area contributed by atoms with Crippen LogP contribution >= 0.6 is 0 Å². The maximum atomic E-state index is 11.9. The minimum Gasteiger partial charge on any atom is -0.380 e. The lowest BCUT2D eigenvalue weighted by Crippen LogP contribution is -2.44. The van der Waals surface area contributed by atoms with E-state index in [9.17, 15) is 9.59 Å². The van der Waals surface area contributed by atoms with Gasteiger partial charge in [-0.05, 0) is 31.5 Å². The number of methoxy groups -OCH3 is 1. The Hall–Kier alpha value is -1.88. The number of likely N-dealkylation sites (N-methyl/N-ethyl adjacent to an activating group) is 1. The van der Waals surface area contributed by atoms with Crippen molar-refractivity contribution in [2.75, 3.05) is 13.7 Å². The molecule has 0 saturated carbocycles. The van der Waals surface area contributed by atoms with E-state index in [2.05, 4.69) is 10.6 Å². The van der Waals surface area contributed by atoms with Gasteiger partial charge in [-0.15, -0.1) is 0 Å². The van der Waals surface area contributed by atoms with Crippen molar-refractivity contribution < 1.29 is 14.3 Å². The third-order valence-corrected chi connectivity index (χ3v) is 2.62. The van der Waals surface area contributed by atoms with Gasteiger partial charge < -0.3 is 15.4 Å². The Kier molecular flexibility index (Phi) is 6.02. The Morgan fingerprint density at radius 1 is 1.26 bits per heavy atom. The van der Waals surface area contributed by atoms with Crippen molar-refractivity contribution >= 4 is 11.8 Å². The molecule has 0 fully saturated rings. The van der Waals surface area contributed by atoms with Crippen molar-refractivity contribution in [2.24, 2.45) is 0 Å². The van der Waals surface area contributed by atoms with Crippen molar-refractivity contribution in [3.8, 4) is 0 Å². The van der Waals surface area contributed by atoms with Crippen LogP contribution in [0.2, 0.25) is 0 Å². The summed E-state index contributed by atoms with van der Waals surface area (Å²) in [4.78, 5) is 23.4. The quantitative estimate of drug-likeness (QED) is 0.808. The van der Waals surface area contributed by atoms with Gasteiger partial charge in [0.1, 0.15) is 6.04 Å². The summed E-state index contributed by atoms with van der Waals surface area (Å²) < 4.78 is 5.00. The first-order valence-electron chi connectivity index (χ1n) is 6.25. The number of carbonyl (C=O) groups is 2. The molecule has 1 aromatic carbocycles. The molecule has 0 aromatic heterocycles. The third-order valence-electron chi connectivity index (χ3n) is 2.62. The van der Waals surface area contributed by atoms with E-state index in [4.69, 9.17) is 4.74 Å². The van der Waals surface area contributed by atoms with E-state index in [0.717, 1.165) is 5.56 Å². The number of carbonyl (C=O) groups excluding carboxylic acids is 2. The van der Waals surface area contributed by atoms with Crippen LogP contribution in [0.4, 0.5) is 0 Å². The fraction of sp³-hybridized carbons (Fsp3) is 0.429. The van der Waals surface area contributed by atoms with E-state index < -0.39 is 6.04 Å². The van der Waals surface area contributed by atoms with Crippen molar-refractivity contribution in [3.05, 3.63) is 35.4 Å². The van der Waals surface area contributed by atoms with Gasteiger partial charge in [0.05, 0.1) is 6.61 Å². The highest BCUT2D eigenvalue weighted by Gasteiger charge is 2.15. The summed E-state index contributed by atoms with van der Waals surface area (Å²) in [6, 6.07) is 6.54. The van der Waals surface area contributed by atoms with E-state index in [1.54, 1.807) is 26.2 Å². The largest absolute Gasteiger partial charge is 0.380 e. The highest BCUT2D eigenvalue weighted by Crippen LogP contribution is 2.05. The zero-order chi connectivity index (χ0) is 14.3. The number of hydrogen-bond acceptors (Lipinski definition) is 3. The first kappa shape index (κ1) is 15.2. The second-order valence-electron chi connectivity index (χ2n) is 4.22. The van der Waals surface area contributed by atoms with Crippen LogP contribution in [0.3, 0.4) is 0 Å². The van der Waals surface area contributed by atoms with E-state index in [0.29, 0.717) is 18.7 Å². The maximum absolute atomic E-state index is 11.9. The van der Waals surface area contributed by atoms with Crippen molar-refractivity contribution in [1.29, 1.82) is 0 Å². The standard InChI is InChI=1S/C14H20N2O3/c1-4-15-13(17)10(2)16-14(18)12-7-5-11(6-8-12)9-19-3/h5-8,10H,4,9H2,1-3H3,(H,15,17)(H,16,18)/t10-/m0/s1. The predicted molar refractivity (Wildman–Crippen MR) is 72.8 cm³/mol. The lowest BCUT2D eigenvalue weighted by molar-refractivity contribution is -0.122. The highest BCUT2D eigenvalue weighted by atomic mass is 16.5. The summed E-state index contributed by atoms with van der Waals surface area (Å²) >= 11 is 0. The number of nitrogens with one attached hydrogen (secondary N) is 2. The molecule has 0 aliphatic heterocycles. The summed E-state index contributed by atoms with van der Waals surface area (Å²) in [5, 5.41) is 5.31. The molecule has 104 valence electrons. The molecule has 1 rings (SSSR count). The van der Waals surface area contributed by atoms with Crippen LogP contribution in [-0.4, -0.2) is 31.5 Å². The monoisotopic (exact) mass is 264 g/mol. The molecule has 0 heterocycles. The summed E-state index contributed by atoms with van der Waals surface area (Å²) in [6.07, 6.45) is 0. The second-order valence-corrected chi connectivity index (χ2v) is 4.22. The number of ether oxygens (including phenoxy) is 1. The molecule has 1 atom stereocenters. The molecule has 19 heavy (non-hydrogen) atoms. The van der Waals surface area contributed by atoms with Crippen LogP contribution in [0.5, 0.6) is 0 Å². The van der Waals surface area contributed by atoms with Crippen LogP contribution in [0.15, 0.2) is 24.3 Å². The Balaban J connectivity index is 2.60. The van der Waals surface area contributed by atoms with Gasteiger partial charge >= 0.3 is 0 Å². The third kappa shape index (κ3) is 4.71. The summed E-state index contributed by atoms with van der Waals surface area (Å²) in [7, 11) is 1.62. The van der Waals surface area contributed by atoms with Gasteiger partial charge in [0, 0.05) is 19.2 Å². The molecule has 2 amide bonds. The Bertz CT molecular complexity index is 429. The van der Waals surface area contributed by atoms with Crippen molar-refractivity contribution in [1.82, 2.24) is 10.6 Å². The summed E-state index contributed by atoms with van der Waals surface area (Å²) in [5.41, 5.74) is 1.52. The fourth-order valence-corrected chi connectivity index (χ4v) is 1.59. The molecule has 0 aliphatic rings. The minimum absolute atomic E-state index is 0.188. The molecule has 2 N–H and O–H groups in total. The highest BCUT2D eigenvalue weighted by molar-refractivity contribution is 5.97. The van der Waals surface area contributed by atoms with Gasteiger partial charge in [0.2, 0.25) is 5.91 Å². The zero-order valence-electron chi connectivity index (χ0n) is 11.5. The van der Waals surface area contributed by atoms with Gasteiger partial charge in [-0.2, -0.15) is 0 Å². The Labute approximate surface area is 113 Å². The van der Waals surface area contributed by atoms with Gasteiger partial charge in [-0.1, -0.05) is 12.1 Å². The zero-order valence-corrected chi connectivity index (χ0v) is 11.5. The van der Waals surface area contributed by atoms with Gasteiger partial charge in [0.15, 0.2) is 0 Å². The second kappa shape index (κ2) is 7.53. The van der Waals surface area contributed by atoms with Crippen molar-refractivity contribution in [3.63, 3.8) is 0 Å². The van der Waals surface area contributed by atoms with E-state index in [-0.39, 0.29) is 11.8 Å². The van der Waals surface area contributed by atoms with Gasteiger partial charge in [0.25, 0.3) is 5.91 Å². The molecule has 0 spiro atoms. The van der Waals surface area contributed by atoms with Crippen LogP contribution in [0.25, 0.3) is 0 Å². The van der Waals surface area contributed by atoms with Gasteiger partial charge in [-0.25, -0.2) is 0 Å². The molecule has 0 unspecified atom stereocenters. The number of benzene rings is 1. The molecular weight excluding hydrogens is 244 g/mol. The molecular formula is C14H20N2O3. The number of amides is 2. The van der Waals surface area contributed by atoms with Gasteiger partial charge in [-0.3, -0.25) is 9.59 Å². The number of hydrogen-bond donors (Lipinski definition) is 2. The molecule has 0 bridgehead atoms. The van der Waals surface area contributed by atoms with Crippen LogP contribution in [0.1, 0.15) is 29.8 Å².